The molecule has 8 aromatic carbocycles. The monoisotopic (exact) mass is 625 g/mol. The molecule has 49 heavy (non-hydrogen) atoms. The average Bonchev–Trinajstić information content (AvgIpc) is 3.57. The molecule has 2 aromatic heterocycles. The molecule has 0 saturated carbocycles. The molecular formula is C45H27N3O. The van der Waals surface area contributed by atoms with Gasteiger partial charge in [-0.05, 0) is 43.9 Å². The van der Waals surface area contributed by atoms with Crippen LogP contribution in [0.5, 0.6) is 0 Å². The number of benzene rings is 8. The van der Waals surface area contributed by atoms with Gasteiger partial charge in [-0.1, -0.05) is 158 Å². The number of furan rings is 1. The maximum absolute atomic E-state index is 6.79. The summed E-state index contributed by atoms with van der Waals surface area (Å²) in [6, 6.07) is 56.8. The third-order valence-electron chi connectivity index (χ3n) is 9.52. The molecule has 0 amide bonds. The van der Waals surface area contributed by atoms with Gasteiger partial charge in [0.1, 0.15) is 11.2 Å². The van der Waals surface area contributed by atoms with Crippen molar-refractivity contribution in [1.82, 2.24) is 15.0 Å². The maximum atomic E-state index is 6.79. The van der Waals surface area contributed by atoms with E-state index in [1.54, 1.807) is 0 Å². The van der Waals surface area contributed by atoms with E-state index in [0.717, 1.165) is 49.8 Å². The predicted molar refractivity (Wildman–Crippen MR) is 201 cm³/mol. The summed E-state index contributed by atoms with van der Waals surface area (Å²) in [4.78, 5) is 15.0. The molecule has 0 spiro atoms. The van der Waals surface area contributed by atoms with Crippen LogP contribution in [0.15, 0.2) is 168 Å². The largest absolute Gasteiger partial charge is 0.455 e. The lowest BCUT2D eigenvalue weighted by Crippen LogP contribution is -2.00. The highest BCUT2D eigenvalue weighted by molar-refractivity contribution is 6.23. The van der Waals surface area contributed by atoms with Gasteiger partial charge in [0, 0.05) is 33.0 Å². The molecule has 4 nitrogen and oxygen atoms in total. The molecular weight excluding hydrogens is 599 g/mol. The van der Waals surface area contributed by atoms with Crippen LogP contribution in [0, 0.1) is 0 Å². The van der Waals surface area contributed by atoms with E-state index in [4.69, 9.17) is 19.4 Å². The fourth-order valence-electron chi connectivity index (χ4n) is 7.28. The molecule has 0 aliphatic heterocycles. The SMILES string of the molecule is c1ccc(-c2nc(-c3ccccc3)nc(-c3cccc4oc5c(-c6cccc7ccc8c9ccccc9ccc8c67)cccc5c34)n2)cc1. The van der Waals surface area contributed by atoms with E-state index < -0.39 is 0 Å². The van der Waals surface area contributed by atoms with E-state index in [9.17, 15) is 0 Å². The molecule has 228 valence electrons. The Hall–Kier alpha value is -6.65. The van der Waals surface area contributed by atoms with Gasteiger partial charge in [-0.15, -0.1) is 0 Å². The molecule has 0 N–H and O–H groups in total. The van der Waals surface area contributed by atoms with Crippen LogP contribution >= 0.6 is 0 Å². The Morgan fingerprint density at radius 3 is 1.69 bits per heavy atom. The van der Waals surface area contributed by atoms with Gasteiger partial charge in [0.05, 0.1) is 0 Å². The summed E-state index contributed by atoms with van der Waals surface area (Å²) in [6.45, 7) is 0. The number of hydrogen-bond acceptors (Lipinski definition) is 4. The van der Waals surface area contributed by atoms with Crippen LogP contribution in [0.2, 0.25) is 0 Å². The highest BCUT2D eigenvalue weighted by Gasteiger charge is 2.20. The zero-order chi connectivity index (χ0) is 32.3. The number of nitrogens with zero attached hydrogens (tertiary/aromatic N) is 3. The first-order valence-corrected chi connectivity index (χ1v) is 16.5. The van der Waals surface area contributed by atoms with Crippen molar-refractivity contribution in [2.45, 2.75) is 0 Å². The fourth-order valence-corrected chi connectivity index (χ4v) is 7.28. The van der Waals surface area contributed by atoms with E-state index in [1.165, 1.54) is 32.3 Å². The van der Waals surface area contributed by atoms with Crippen molar-refractivity contribution in [1.29, 1.82) is 0 Å². The zero-order valence-corrected chi connectivity index (χ0v) is 26.3. The molecule has 0 atom stereocenters. The Bertz CT molecular complexity index is 2820. The summed E-state index contributed by atoms with van der Waals surface area (Å²) in [5.74, 6) is 1.87. The second-order valence-corrected chi connectivity index (χ2v) is 12.4. The smallest absolute Gasteiger partial charge is 0.164 e. The molecule has 0 aliphatic rings. The molecule has 0 saturated heterocycles. The first-order valence-electron chi connectivity index (χ1n) is 16.5. The van der Waals surface area contributed by atoms with E-state index in [-0.39, 0.29) is 0 Å². The molecule has 10 aromatic rings. The topological polar surface area (TPSA) is 51.8 Å². The first kappa shape index (κ1) is 27.5. The quantitative estimate of drug-likeness (QED) is 0.183. The second-order valence-electron chi connectivity index (χ2n) is 12.4. The Balaban J connectivity index is 1.23. The summed E-state index contributed by atoms with van der Waals surface area (Å²) in [7, 11) is 0. The third-order valence-corrected chi connectivity index (χ3v) is 9.52. The number of rotatable bonds is 4. The van der Waals surface area contributed by atoms with E-state index in [2.05, 4.69) is 91.0 Å². The maximum Gasteiger partial charge on any atom is 0.164 e. The number of fused-ring (bicyclic) bond motifs is 8. The van der Waals surface area contributed by atoms with Crippen LogP contribution in [-0.4, -0.2) is 15.0 Å². The van der Waals surface area contributed by atoms with Crippen LogP contribution in [0.1, 0.15) is 0 Å². The van der Waals surface area contributed by atoms with Crippen molar-refractivity contribution in [3.63, 3.8) is 0 Å². The average molecular weight is 626 g/mol. The lowest BCUT2D eigenvalue weighted by molar-refractivity contribution is 0.670. The van der Waals surface area contributed by atoms with Crippen molar-refractivity contribution >= 4 is 54.3 Å². The summed E-state index contributed by atoms with van der Waals surface area (Å²) >= 11 is 0. The van der Waals surface area contributed by atoms with E-state index in [0.29, 0.717) is 17.5 Å². The second kappa shape index (κ2) is 11.0. The lowest BCUT2D eigenvalue weighted by Gasteiger charge is -2.12. The first-order chi connectivity index (χ1) is 24.3. The zero-order valence-electron chi connectivity index (χ0n) is 26.3. The fraction of sp³-hybridized carbons (Fsp3) is 0. The van der Waals surface area contributed by atoms with Crippen LogP contribution in [-0.2, 0) is 0 Å². The van der Waals surface area contributed by atoms with Gasteiger partial charge in [0.25, 0.3) is 0 Å². The number of hydrogen-bond donors (Lipinski definition) is 0. The van der Waals surface area contributed by atoms with Gasteiger partial charge in [0.2, 0.25) is 0 Å². The minimum atomic E-state index is 0.606. The van der Waals surface area contributed by atoms with Gasteiger partial charge in [-0.3, -0.25) is 0 Å². The lowest BCUT2D eigenvalue weighted by atomic mass is 9.91. The summed E-state index contributed by atoms with van der Waals surface area (Å²) in [5.41, 5.74) is 6.60. The van der Waals surface area contributed by atoms with Crippen molar-refractivity contribution in [2.75, 3.05) is 0 Å². The number of para-hydroxylation sites is 1. The molecule has 0 radical (unpaired) electrons. The van der Waals surface area contributed by atoms with Crippen LogP contribution < -0.4 is 0 Å². The summed E-state index contributed by atoms with van der Waals surface area (Å²) in [5, 5.41) is 9.39. The Labute approximate surface area is 282 Å². The minimum Gasteiger partial charge on any atom is -0.455 e. The summed E-state index contributed by atoms with van der Waals surface area (Å²) in [6.07, 6.45) is 0. The minimum absolute atomic E-state index is 0.606. The highest BCUT2D eigenvalue weighted by Crippen LogP contribution is 2.43. The third kappa shape index (κ3) is 4.42. The number of aromatic nitrogens is 3. The molecule has 2 heterocycles. The van der Waals surface area contributed by atoms with Crippen molar-refractivity contribution < 1.29 is 4.42 Å². The Morgan fingerprint density at radius 2 is 0.898 bits per heavy atom. The van der Waals surface area contributed by atoms with Gasteiger partial charge < -0.3 is 4.42 Å². The molecule has 0 aliphatic carbocycles. The normalized spacial score (nSPS) is 11.7. The molecule has 0 fully saturated rings. The summed E-state index contributed by atoms with van der Waals surface area (Å²) < 4.78 is 6.79. The van der Waals surface area contributed by atoms with Crippen LogP contribution in [0.4, 0.5) is 0 Å². The van der Waals surface area contributed by atoms with Gasteiger partial charge >= 0.3 is 0 Å². The predicted octanol–water partition coefficient (Wildman–Crippen LogP) is 11.9. The van der Waals surface area contributed by atoms with Crippen molar-refractivity contribution in [3.05, 3.63) is 164 Å². The van der Waals surface area contributed by atoms with Gasteiger partial charge in [0.15, 0.2) is 17.5 Å². The van der Waals surface area contributed by atoms with E-state index >= 15 is 0 Å². The van der Waals surface area contributed by atoms with Crippen molar-refractivity contribution in [3.8, 4) is 45.3 Å². The molecule has 0 unspecified atom stereocenters. The van der Waals surface area contributed by atoms with E-state index in [1.807, 2.05) is 72.8 Å². The molecule has 10 rings (SSSR count). The molecule has 4 heteroatoms. The highest BCUT2D eigenvalue weighted by atomic mass is 16.3. The van der Waals surface area contributed by atoms with Gasteiger partial charge in [-0.25, -0.2) is 15.0 Å². The Morgan fingerprint density at radius 1 is 0.327 bits per heavy atom. The van der Waals surface area contributed by atoms with Crippen molar-refractivity contribution in [2.24, 2.45) is 0 Å². The molecule has 0 bridgehead atoms. The van der Waals surface area contributed by atoms with Crippen LogP contribution in [0.25, 0.3) is 99.5 Å². The standard InChI is InChI=1S/C45H27N3O/c1-3-13-30(14-4-1)43-46-44(31-15-5-2-6-16-31)48-45(47-43)38-22-11-23-39-41(38)37-21-10-20-36(42(37)49-39)34-19-9-17-29-25-26-33-32-18-8-7-12-28(32)24-27-35(33)40(29)34/h1-27H. The van der Waals surface area contributed by atoms with Gasteiger partial charge in [-0.2, -0.15) is 0 Å². The van der Waals surface area contributed by atoms with Crippen LogP contribution in [0.3, 0.4) is 0 Å². The Kier molecular flexibility index (Phi) is 6.15.